The van der Waals surface area contributed by atoms with Gasteiger partial charge in [0, 0.05) is 25.2 Å². The molecule has 5 nitrogen and oxygen atoms in total. The molecule has 146 valence electrons. The van der Waals surface area contributed by atoms with Crippen molar-refractivity contribution in [3.8, 4) is 0 Å². The Hall–Kier alpha value is -1.22. The molecule has 1 saturated heterocycles. The predicted molar refractivity (Wildman–Crippen MR) is 112 cm³/mol. The summed E-state index contributed by atoms with van der Waals surface area (Å²) in [4.78, 5) is 14.5. The first kappa shape index (κ1) is 20.5. The highest BCUT2D eigenvalue weighted by Crippen LogP contribution is 2.26. The van der Waals surface area contributed by atoms with Gasteiger partial charge in [-0.15, -0.1) is 11.3 Å². The van der Waals surface area contributed by atoms with E-state index in [0.29, 0.717) is 16.7 Å². The fraction of sp³-hybridized carbons (Fsp3) is 0.421. The van der Waals surface area contributed by atoms with E-state index < -0.39 is 10.0 Å². The number of hydrogen-bond donors (Lipinski definition) is 1. The van der Waals surface area contributed by atoms with Gasteiger partial charge in [0.1, 0.15) is 4.21 Å². The van der Waals surface area contributed by atoms with E-state index in [1.54, 1.807) is 12.1 Å². The molecule has 1 N–H and O–H groups in total. The van der Waals surface area contributed by atoms with Crippen molar-refractivity contribution >= 4 is 43.2 Å². The maximum atomic E-state index is 12.6. The lowest BCUT2D eigenvalue weighted by Crippen LogP contribution is -2.39. The third-order valence-corrected chi connectivity index (χ3v) is 8.43. The monoisotopic (exact) mass is 470 g/mol. The number of likely N-dealkylation sites (tertiary alicyclic amines) is 1. The van der Waals surface area contributed by atoms with Crippen molar-refractivity contribution in [1.82, 2.24) is 9.62 Å². The Kier molecular flexibility index (Phi) is 6.73. The van der Waals surface area contributed by atoms with Gasteiger partial charge in [-0.1, -0.05) is 17.7 Å². The summed E-state index contributed by atoms with van der Waals surface area (Å²) in [7, 11) is -3.43. The number of nitrogens with zero attached hydrogens (tertiary/aromatic N) is 1. The van der Waals surface area contributed by atoms with Crippen LogP contribution in [0.25, 0.3) is 0 Å². The highest BCUT2D eigenvalue weighted by molar-refractivity contribution is 9.11. The summed E-state index contributed by atoms with van der Waals surface area (Å²) in [5, 5.41) is 0. The molecule has 0 bridgehead atoms. The summed E-state index contributed by atoms with van der Waals surface area (Å²) >= 11 is 4.49. The van der Waals surface area contributed by atoms with Gasteiger partial charge in [-0.25, -0.2) is 13.1 Å². The third-order valence-electron chi connectivity index (χ3n) is 4.86. The third kappa shape index (κ3) is 5.40. The van der Waals surface area contributed by atoms with Crippen LogP contribution < -0.4 is 4.72 Å². The number of halogens is 1. The summed E-state index contributed by atoms with van der Waals surface area (Å²) in [5.41, 5.74) is 1.87. The molecule has 0 spiro atoms. The molecular weight excluding hydrogens is 448 g/mol. The molecule has 0 aliphatic carbocycles. The zero-order valence-corrected chi connectivity index (χ0v) is 18.4. The van der Waals surface area contributed by atoms with Crippen LogP contribution in [0.2, 0.25) is 0 Å². The van der Waals surface area contributed by atoms with E-state index in [-0.39, 0.29) is 5.91 Å². The number of aryl methyl sites for hydroxylation is 1. The number of thiophene rings is 1. The summed E-state index contributed by atoms with van der Waals surface area (Å²) in [6, 6.07) is 11.0. The van der Waals surface area contributed by atoms with Crippen molar-refractivity contribution in [1.29, 1.82) is 0 Å². The van der Waals surface area contributed by atoms with E-state index in [4.69, 9.17) is 0 Å². The lowest BCUT2D eigenvalue weighted by Gasteiger charge is -2.32. The highest BCUT2D eigenvalue weighted by Gasteiger charge is 2.24. The van der Waals surface area contributed by atoms with Crippen LogP contribution in [-0.2, 0) is 10.0 Å². The molecule has 0 unspecified atom stereocenters. The first-order chi connectivity index (χ1) is 12.8. The van der Waals surface area contributed by atoms with Crippen LogP contribution in [0.1, 0.15) is 35.2 Å². The number of sulfonamides is 1. The number of nitrogens with one attached hydrogen (secondary N) is 1. The van der Waals surface area contributed by atoms with Crippen molar-refractivity contribution < 1.29 is 13.2 Å². The van der Waals surface area contributed by atoms with Gasteiger partial charge in [-0.2, -0.15) is 0 Å². The Labute approximate surface area is 173 Å². The molecule has 1 aromatic heterocycles. The molecule has 0 atom stereocenters. The van der Waals surface area contributed by atoms with E-state index in [1.807, 2.05) is 36.1 Å². The molecule has 1 aliphatic rings. The Morgan fingerprint density at radius 2 is 1.85 bits per heavy atom. The average Bonchev–Trinajstić information content (AvgIpc) is 3.10. The summed E-state index contributed by atoms with van der Waals surface area (Å²) in [6.45, 7) is 3.88. The minimum absolute atomic E-state index is 0.0809. The molecule has 1 fully saturated rings. The largest absolute Gasteiger partial charge is 0.339 e. The summed E-state index contributed by atoms with van der Waals surface area (Å²) < 4.78 is 28.3. The summed E-state index contributed by atoms with van der Waals surface area (Å²) in [6.07, 6.45) is 2.60. The van der Waals surface area contributed by atoms with Gasteiger partial charge >= 0.3 is 0 Å². The normalized spacial score (nSPS) is 15.9. The van der Waals surface area contributed by atoms with E-state index >= 15 is 0 Å². The van der Waals surface area contributed by atoms with Crippen molar-refractivity contribution in [2.75, 3.05) is 19.6 Å². The van der Waals surface area contributed by atoms with Gasteiger partial charge in [0.15, 0.2) is 0 Å². The minimum Gasteiger partial charge on any atom is -0.339 e. The number of carbonyl (C=O) groups excluding carboxylic acids is 1. The van der Waals surface area contributed by atoms with Gasteiger partial charge in [0.25, 0.3) is 5.91 Å². The van der Waals surface area contributed by atoms with Gasteiger partial charge in [0.05, 0.1) is 3.79 Å². The number of piperidine rings is 1. The quantitative estimate of drug-likeness (QED) is 0.692. The molecular formula is C19H23BrN2O3S2. The first-order valence-electron chi connectivity index (χ1n) is 8.96. The number of rotatable bonds is 6. The van der Waals surface area contributed by atoms with Crippen LogP contribution in [0.4, 0.5) is 0 Å². The summed E-state index contributed by atoms with van der Waals surface area (Å²) in [5.74, 6) is 0.516. The molecule has 0 radical (unpaired) electrons. The SMILES string of the molecule is Cc1ccc(C(=O)N2CCC(CCNS(=O)(=O)c3ccc(Br)s3)CC2)cc1. The molecule has 1 aliphatic heterocycles. The van der Waals surface area contributed by atoms with Crippen molar-refractivity contribution in [2.45, 2.75) is 30.4 Å². The number of benzene rings is 1. The van der Waals surface area contributed by atoms with E-state index in [2.05, 4.69) is 20.7 Å². The predicted octanol–water partition coefficient (Wildman–Crippen LogP) is 4.04. The first-order valence-corrected chi connectivity index (χ1v) is 12.1. The van der Waals surface area contributed by atoms with Crippen LogP contribution in [0.3, 0.4) is 0 Å². The second-order valence-corrected chi connectivity index (χ2v) is 11.3. The molecule has 3 rings (SSSR count). The second-order valence-electron chi connectivity index (χ2n) is 6.85. The molecule has 1 aromatic carbocycles. The molecule has 2 heterocycles. The van der Waals surface area contributed by atoms with Crippen molar-refractivity contribution in [3.05, 3.63) is 51.3 Å². The molecule has 27 heavy (non-hydrogen) atoms. The highest BCUT2D eigenvalue weighted by atomic mass is 79.9. The van der Waals surface area contributed by atoms with Crippen LogP contribution in [0.5, 0.6) is 0 Å². The van der Waals surface area contributed by atoms with Crippen molar-refractivity contribution in [3.63, 3.8) is 0 Å². The van der Waals surface area contributed by atoms with Gasteiger partial charge in [-0.3, -0.25) is 4.79 Å². The molecule has 1 amide bonds. The van der Waals surface area contributed by atoms with E-state index in [1.165, 1.54) is 11.3 Å². The Morgan fingerprint density at radius 3 is 2.44 bits per heavy atom. The molecule has 8 heteroatoms. The van der Waals surface area contributed by atoms with Gasteiger partial charge < -0.3 is 4.90 Å². The van der Waals surface area contributed by atoms with Crippen molar-refractivity contribution in [2.24, 2.45) is 5.92 Å². The van der Waals surface area contributed by atoms with Crippen LogP contribution >= 0.6 is 27.3 Å². The van der Waals surface area contributed by atoms with E-state index in [0.717, 1.165) is 47.3 Å². The van der Waals surface area contributed by atoms with Crippen LogP contribution in [0, 0.1) is 12.8 Å². The fourth-order valence-corrected chi connectivity index (χ4v) is 6.32. The second kappa shape index (κ2) is 8.86. The Bertz CT molecular complexity index is 886. The maximum Gasteiger partial charge on any atom is 0.253 e. The average molecular weight is 471 g/mol. The maximum absolute atomic E-state index is 12.6. The topological polar surface area (TPSA) is 66.5 Å². The zero-order valence-electron chi connectivity index (χ0n) is 15.2. The Morgan fingerprint density at radius 1 is 1.19 bits per heavy atom. The number of amides is 1. The number of carbonyl (C=O) groups is 1. The standard InChI is InChI=1S/C19H23BrN2O3S2/c1-14-2-4-16(5-3-14)19(23)22-12-9-15(10-13-22)8-11-21-27(24,25)18-7-6-17(20)26-18/h2-7,15,21H,8-13H2,1H3. The van der Waals surface area contributed by atoms with Crippen LogP contribution in [-0.4, -0.2) is 38.9 Å². The molecule has 0 saturated carbocycles. The minimum atomic E-state index is -3.43. The lowest BCUT2D eigenvalue weighted by atomic mass is 9.93. The Balaban J connectivity index is 1.44. The fourth-order valence-electron chi connectivity index (χ4n) is 3.21. The van der Waals surface area contributed by atoms with Gasteiger partial charge in [0.2, 0.25) is 10.0 Å². The van der Waals surface area contributed by atoms with E-state index in [9.17, 15) is 13.2 Å². The van der Waals surface area contributed by atoms with Crippen LogP contribution in [0.15, 0.2) is 44.4 Å². The number of hydrogen-bond acceptors (Lipinski definition) is 4. The lowest BCUT2D eigenvalue weighted by molar-refractivity contribution is 0.0687. The van der Waals surface area contributed by atoms with Gasteiger partial charge in [-0.05, 0) is 72.3 Å². The molecule has 2 aromatic rings. The smallest absolute Gasteiger partial charge is 0.253 e. The zero-order chi connectivity index (χ0) is 19.4.